The van der Waals surface area contributed by atoms with Crippen molar-refractivity contribution in [2.75, 3.05) is 0 Å². The van der Waals surface area contributed by atoms with E-state index in [0.29, 0.717) is 23.0 Å². The van der Waals surface area contributed by atoms with E-state index in [2.05, 4.69) is 200 Å². The molecule has 0 radical (unpaired) electrons. The topological polar surface area (TPSA) is 62.5 Å². The molecule has 0 spiro atoms. The number of hydrogen-bond donors (Lipinski definition) is 0. The van der Waals surface area contributed by atoms with Gasteiger partial charge in [0.15, 0.2) is 17.5 Å². The van der Waals surface area contributed by atoms with Crippen molar-refractivity contribution in [3.8, 4) is 62.5 Å². The largest absolute Gasteiger partial charge is 0.208 e. The normalized spacial score (nSPS) is 12.5. The average molecular weight is 751 g/mol. The highest BCUT2D eigenvalue weighted by Crippen LogP contribution is 2.59. The molecule has 59 heavy (non-hydrogen) atoms. The first-order chi connectivity index (χ1) is 29.2. The van der Waals surface area contributed by atoms with E-state index in [1.54, 1.807) is 0 Å². The van der Waals surface area contributed by atoms with E-state index in [9.17, 15) is 5.26 Å². The van der Waals surface area contributed by atoms with Gasteiger partial charge in [-0.15, -0.1) is 0 Å². The number of aromatic nitrogens is 3. The Hall–Kier alpha value is -8.00. The van der Waals surface area contributed by atoms with Crippen LogP contribution in [0.5, 0.6) is 0 Å². The fourth-order valence-corrected chi connectivity index (χ4v) is 9.16. The molecule has 274 valence electrons. The molecule has 4 nitrogen and oxygen atoms in total. The monoisotopic (exact) mass is 750 g/mol. The molecule has 0 unspecified atom stereocenters. The fraction of sp³-hybridized carbons (Fsp3) is 0.0182. The van der Waals surface area contributed by atoms with Crippen molar-refractivity contribution in [1.29, 1.82) is 5.26 Å². The lowest BCUT2D eigenvalue weighted by Crippen LogP contribution is -2.28. The van der Waals surface area contributed by atoms with Gasteiger partial charge in [0.1, 0.15) is 0 Å². The lowest BCUT2D eigenvalue weighted by molar-refractivity contribution is 0.768. The Morgan fingerprint density at radius 3 is 1.37 bits per heavy atom. The first kappa shape index (κ1) is 34.3. The van der Waals surface area contributed by atoms with Gasteiger partial charge in [-0.05, 0) is 84.8 Å². The number of hydrogen-bond acceptors (Lipinski definition) is 4. The third-order valence-electron chi connectivity index (χ3n) is 11.8. The lowest BCUT2D eigenvalue weighted by Gasteiger charge is -2.34. The summed E-state index contributed by atoms with van der Waals surface area (Å²) in [7, 11) is 0. The van der Waals surface area contributed by atoms with E-state index in [1.165, 1.54) is 0 Å². The highest BCUT2D eigenvalue weighted by Gasteiger charge is 2.47. The van der Waals surface area contributed by atoms with Crippen molar-refractivity contribution in [2.24, 2.45) is 0 Å². The number of benzene rings is 9. The Balaban J connectivity index is 1.13. The van der Waals surface area contributed by atoms with Gasteiger partial charge in [0.25, 0.3) is 0 Å². The van der Waals surface area contributed by atoms with Gasteiger partial charge in [-0.1, -0.05) is 182 Å². The first-order valence-electron chi connectivity index (χ1n) is 19.8. The van der Waals surface area contributed by atoms with Gasteiger partial charge in [-0.25, -0.2) is 15.0 Å². The molecule has 0 fully saturated rings. The summed E-state index contributed by atoms with van der Waals surface area (Å²) in [6, 6.07) is 74.5. The number of nitriles is 1. The summed E-state index contributed by atoms with van der Waals surface area (Å²) in [6.07, 6.45) is 0. The van der Waals surface area contributed by atoms with Crippen molar-refractivity contribution in [2.45, 2.75) is 5.41 Å². The van der Waals surface area contributed by atoms with Crippen LogP contribution in [0.1, 0.15) is 27.8 Å². The van der Waals surface area contributed by atoms with Gasteiger partial charge >= 0.3 is 0 Å². The molecule has 4 heteroatoms. The van der Waals surface area contributed by atoms with E-state index in [4.69, 9.17) is 15.0 Å². The smallest absolute Gasteiger partial charge is 0.164 e. The Bertz CT molecular complexity index is 3150. The zero-order valence-electron chi connectivity index (χ0n) is 31.9. The van der Waals surface area contributed by atoms with Crippen molar-refractivity contribution in [1.82, 2.24) is 15.0 Å². The molecule has 0 saturated heterocycles. The van der Waals surface area contributed by atoms with E-state index in [-0.39, 0.29) is 0 Å². The van der Waals surface area contributed by atoms with E-state index in [0.717, 1.165) is 82.7 Å². The van der Waals surface area contributed by atoms with Crippen LogP contribution >= 0.6 is 0 Å². The van der Waals surface area contributed by atoms with Crippen molar-refractivity contribution < 1.29 is 0 Å². The summed E-state index contributed by atoms with van der Waals surface area (Å²) >= 11 is 0. The summed E-state index contributed by atoms with van der Waals surface area (Å²) in [5.41, 5.74) is 11.4. The summed E-state index contributed by atoms with van der Waals surface area (Å²) in [6.45, 7) is 0. The van der Waals surface area contributed by atoms with Crippen LogP contribution in [0, 0.1) is 11.3 Å². The molecule has 1 aromatic heterocycles. The van der Waals surface area contributed by atoms with Crippen LogP contribution in [0.15, 0.2) is 206 Å². The Labute approximate surface area is 342 Å². The van der Waals surface area contributed by atoms with Gasteiger partial charge < -0.3 is 0 Å². The molecule has 1 heterocycles. The summed E-state index contributed by atoms with van der Waals surface area (Å²) < 4.78 is 0. The highest BCUT2D eigenvalue weighted by atomic mass is 15.0. The molecule has 1 aliphatic carbocycles. The molecule has 10 aromatic rings. The van der Waals surface area contributed by atoms with E-state index >= 15 is 0 Å². The predicted molar refractivity (Wildman–Crippen MR) is 239 cm³/mol. The fourth-order valence-electron chi connectivity index (χ4n) is 9.16. The minimum atomic E-state index is -0.634. The van der Waals surface area contributed by atoms with Crippen molar-refractivity contribution in [3.63, 3.8) is 0 Å². The zero-order chi connectivity index (χ0) is 39.3. The van der Waals surface area contributed by atoms with Gasteiger partial charge in [0.2, 0.25) is 0 Å². The molecule has 0 saturated carbocycles. The van der Waals surface area contributed by atoms with Gasteiger partial charge in [0, 0.05) is 22.3 Å². The van der Waals surface area contributed by atoms with Crippen LogP contribution in [0.4, 0.5) is 0 Å². The third-order valence-corrected chi connectivity index (χ3v) is 11.8. The predicted octanol–water partition coefficient (Wildman–Crippen LogP) is 13.1. The number of rotatable bonds is 6. The molecule has 0 amide bonds. The maximum atomic E-state index is 10.7. The van der Waals surface area contributed by atoms with Crippen LogP contribution in [-0.2, 0) is 5.41 Å². The summed E-state index contributed by atoms with van der Waals surface area (Å²) in [5, 5.41) is 15.2. The average Bonchev–Trinajstić information content (AvgIpc) is 3.63. The quantitative estimate of drug-likeness (QED) is 0.170. The second kappa shape index (κ2) is 13.9. The highest BCUT2D eigenvalue weighted by molar-refractivity contribution is 5.98. The van der Waals surface area contributed by atoms with Crippen LogP contribution in [0.25, 0.3) is 78.0 Å². The Kier molecular flexibility index (Phi) is 8.06. The van der Waals surface area contributed by atoms with Crippen molar-refractivity contribution in [3.05, 3.63) is 234 Å². The second-order valence-electron chi connectivity index (χ2n) is 15.1. The van der Waals surface area contributed by atoms with Gasteiger partial charge in [0.05, 0.1) is 17.0 Å². The molecule has 11 rings (SSSR count). The van der Waals surface area contributed by atoms with Crippen LogP contribution in [0.2, 0.25) is 0 Å². The molecule has 0 bridgehead atoms. The summed E-state index contributed by atoms with van der Waals surface area (Å²) in [5.74, 6) is 1.80. The third kappa shape index (κ3) is 5.56. The zero-order valence-corrected chi connectivity index (χ0v) is 31.9. The molecule has 1 aliphatic rings. The number of fused-ring (bicyclic) bond motifs is 5. The van der Waals surface area contributed by atoms with Crippen LogP contribution in [-0.4, -0.2) is 15.0 Å². The van der Waals surface area contributed by atoms with Crippen LogP contribution in [0.3, 0.4) is 0 Å². The minimum Gasteiger partial charge on any atom is -0.208 e. The Morgan fingerprint density at radius 2 is 0.814 bits per heavy atom. The maximum absolute atomic E-state index is 10.7. The molecular weight excluding hydrogens is 717 g/mol. The second-order valence-corrected chi connectivity index (χ2v) is 15.1. The molecule has 0 atom stereocenters. The molecule has 0 N–H and O–H groups in total. The van der Waals surface area contributed by atoms with Crippen LogP contribution < -0.4 is 0 Å². The first-order valence-corrected chi connectivity index (χ1v) is 19.8. The van der Waals surface area contributed by atoms with E-state index < -0.39 is 5.41 Å². The minimum absolute atomic E-state index is 0.585. The Morgan fingerprint density at radius 1 is 0.356 bits per heavy atom. The molecule has 9 aromatic carbocycles. The SMILES string of the molecule is N#Cc1cccc2c1-c1c(-c3cccc(-c4nc(-c5ccc6ccccc6c5)nc(-c5ccc6ccccc6c5)n4)c3)cccc1C2(c1ccccc1)c1ccccc1. The lowest BCUT2D eigenvalue weighted by atomic mass is 9.67. The van der Waals surface area contributed by atoms with Crippen molar-refractivity contribution >= 4 is 21.5 Å². The van der Waals surface area contributed by atoms with Gasteiger partial charge in [-0.3, -0.25) is 0 Å². The van der Waals surface area contributed by atoms with Gasteiger partial charge in [-0.2, -0.15) is 5.26 Å². The standard InChI is InChI=1S/C55H34N4/c56-35-44-20-12-26-48-50(44)51-47(25-13-27-49(51)55(48,45-21-3-1-4-22-45)46-23-5-2-6-24-46)40-18-11-19-41(34-40)52-57-53(42-30-28-36-14-7-9-16-38(36)32-42)59-54(58-52)43-31-29-37-15-8-10-17-39(37)33-43/h1-34H. The molecule has 0 aliphatic heterocycles. The van der Waals surface area contributed by atoms with E-state index in [1.807, 2.05) is 12.1 Å². The summed E-state index contributed by atoms with van der Waals surface area (Å²) in [4.78, 5) is 15.5. The molecular formula is C55H34N4. The number of nitrogens with zero attached hydrogens (tertiary/aromatic N) is 4. The maximum Gasteiger partial charge on any atom is 0.164 e.